The Kier molecular flexibility index (Phi) is 3.93. The number of nitrogens with zero attached hydrogens (tertiary/aromatic N) is 4. The molecule has 0 bridgehead atoms. The standard InChI is InChI=1S/C17H10F2N4/c18-14-2-3-16(22-10-14)13(9-20)7-12-1-4-17(15(19)8-12)23-6-5-21-11-23/h1-8,10-11H. The molecule has 0 fully saturated rings. The largest absolute Gasteiger partial charge is 0.303 e. The van der Waals surface area contributed by atoms with E-state index >= 15 is 0 Å². The molecule has 0 unspecified atom stereocenters. The normalized spacial score (nSPS) is 11.3. The number of aromatic nitrogens is 3. The lowest BCUT2D eigenvalue weighted by atomic mass is 10.1. The quantitative estimate of drug-likeness (QED) is 0.695. The summed E-state index contributed by atoms with van der Waals surface area (Å²) in [5.41, 5.74) is 1.42. The Bertz CT molecular complexity index is 891. The number of imidazole rings is 1. The molecule has 23 heavy (non-hydrogen) atoms. The highest BCUT2D eigenvalue weighted by atomic mass is 19.1. The highest BCUT2D eigenvalue weighted by Gasteiger charge is 2.07. The van der Waals surface area contributed by atoms with E-state index in [-0.39, 0.29) is 5.57 Å². The second-order valence-electron chi connectivity index (χ2n) is 4.71. The second kappa shape index (κ2) is 6.20. The van der Waals surface area contributed by atoms with Crippen LogP contribution in [0.4, 0.5) is 8.78 Å². The minimum Gasteiger partial charge on any atom is -0.303 e. The summed E-state index contributed by atoms with van der Waals surface area (Å²) in [6.07, 6.45) is 7.22. The summed E-state index contributed by atoms with van der Waals surface area (Å²) in [5.74, 6) is -0.928. The molecule has 0 saturated carbocycles. The Morgan fingerprint density at radius 3 is 2.70 bits per heavy atom. The van der Waals surface area contributed by atoms with Gasteiger partial charge in [0.15, 0.2) is 0 Å². The van der Waals surface area contributed by atoms with Gasteiger partial charge in [-0.25, -0.2) is 13.8 Å². The van der Waals surface area contributed by atoms with Gasteiger partial charge >= 0.3 is 0 Å². The maximum Gasteiger partial charge on any atom is 0.147 e. The van der Waals surface area contributed by atoms with E-state index in [1.807, 2.05) is 6.07 Å². The topological polar surface area (TPSA) is 54.5 Å². The molecule has 1 aromatic carbocycles. The first-order valence-electron chi connectivity index (χ1n) is 6.69. The van der Waals surface area contributed by atoms with Gasteiger partial charge in [0.25, 0.3) is 0 Å². The summed E-state index contributed by atoms with van der Waals surface area (Å²) in [7, 11) is 0. The minimum atomic E-state index is -0.484. The van der Waals surface area contributed by atoms with Crippen molar-refractivity contribution in [2.24, 2.45) is 0 Å². The zero-order valence-corrected chi connectivity index (χ0v) is 11.8. The molecule has 0 saturated heterocycles. The molecule has 0 aliphatic carbocycles. The molecule has 0 aliphatic heterocycles. The lowest BCUT2D eigenvalue weighted by Gasteiger charge is -2.05. The van der Waals surface area contributed by atoms with Crippen LogP contribution < -0.4 is 0 Å². The molecule has 112 valence electrons. The highest BCUT2D eigenvalue weighted by molar-refractivity contribution is 5.88. The van der Waals surface area contributed by atoms with E-state index in [0.717, 1.165) is 6.20 Å². The van der Waals surface area contributed by atoms with Crippen molar-refractivity contribution in [3.63, 3.8) is 0 Å². The van der Waals surface area contributed by atoms with Crippen LogP contribution in [0.5, 0.6) is 0 Å². The van der Waals surface area contributed by atoms with E-state index in [1.165, 1.54) is 30.6 Å². The molecule has 0 aliphatic rings. The number of nitriles is 1. The van der Waals surface area contributed by atoms with E-state index in [4.69, 9.17) is 0 Å². The van der Waals surface area contributed by atoms with Gasteiger partial charge < -0.3 is 4.57 Å². The molecular weight excluding hydrogens is 298 g/mol. The van der Waals surface area contributed by atoms with E-state index in [0.29, 0.717) is 16.9 Å². The molecule has 6 heteroatoms. The number of rotatable bonds is 3. The van der Waals surface area contributed by atoms with Gasteiger partial charge in [-0.3, -0.25) is 4.98 Å². The number of benzene rings is 1. The van der Waals surface area contributed by atoms with Crippen LogP contribution >= 0.6 is 0 Å². The predicted molar refractivity (Wildman–Crippen MR) is 81.2 cm³/mol. The molecule has 0 N–H and O–H groups in total. The molecular formula is C17H10F2N4. The molecule has 2 heterocycles. The lowest BCUT2D eigenvalue weighted by Crippen LogP contribution is -1.95. The van der Waals surface area contributed by atoms with E-state index in [2.05, 4.69) is 9.97 Å². The van der Waals surface area contributed by atoms with Crippen molar-refractivity contribution < 1.29 is 8.78 Å². The van der Waals surface area contributed by atoms with E-state index in [9.17, 15) is 14.0 Å². The van der Waals surface area contributed by atoms with Gasteiger partial charge in [-0.15, -0.1) is 0 Å². The Hall–Kier alpha value is -3.33. The van der Waals surface area contributed by atoms with Crippen LogP contribution in [0.2, 0.25) is 0 Å². The number of hydrogen-bond acceptors (Lipinski definition) is 3. The predicted octanol–water partition coefficient (Wildman–Crippen LogP) is 3.61. The zero-order chi connectivity index (χ0) is 16.2. The van der Waals surface area contributed by atoms with Gasteiger partial charge in [-0.1, -0.05) is 6.07 Å². The Morgan fingerprint density at radius 1 is 1.22 bits per heavy atom. The monoisotopic (exact) mass is 308 g/mol. The van der Waals surface area contributed by atoms with Crippen LogP contribution in [0.1, 0.15) is 11.3 Å². The maximum atomic E-state index is 14.2. The zero-order valence-electron chi connectivity index (χ0n) is 11.8. The van der Waals surface area contributed by atoms with Gasteiger partial charge in [-0.2, -0.15) is 5.26 Å². The van der Waals surface area contributed by atoms with Crippen LogP contribution in [-0.4, -0.2) is 14.5 Å². The van der Waals surface area contributed by atoms with Crippen LogP contribution in [-0.2, 0) is 0 Å². The van der Waals surface area contributed by atoms with E-state index in [1.54, 1.807) is 29.1 Å². The first-order chi connectivity index (χ1) is 11.2. The first-order valence-corrected chi connectivity index (χ1v) is 6.69. The number of allylic oxidation sites excluding steroid dienone is 1. The Morgan fingerprint density at radius 2 is 2.09 bits per heavy atom. The fourth-order valence-electron chi connectivity index (χ4n) is 2.09. The number of halogens is 2. The molecule has 0 amide bonds. The second-order valence-corrected chi connectivity index (χ2v) is 4.71. The lowest BCUT2D eigenvalue weighted by molar-refractivity contribution is 0.618. The van der Waals surface area contributed by atoms with Gasteiger partial charge in [0, 0.05) is 12.4 Å². The average Bonchev–Trinajstić information content (AvgIpc) is 3.08. The van der Waals surface area contributed by atoms with Gasteiger partial charge in [0.1, 0.15) is 17.7 Å². The molecule has 0 spiro atoms. The summed E-state index contributed by atoms with van der Waals surface area (Å²) in [5, 5.41) is 9.23. The van der Waals surface area contributed by atoms with Crippen molar-refractivity contribution in [2.75, 3.05) is 0 Å². The van der Waals surface area contributed by atoms with Crippen LogP contribution in [0.15, 0.2) is 55.2 Å². The van der Waals surface area contributed by atoms with Crippen molar-refractivity contribution in [3.05, 3.63) is 78.1 Å². The Balaban J connectivity index is 1.96. The Labute approximate surface area is 131 Å². The summed E-state index contributed by atoms with van der Waals surface area (Å²) in [6, 6.07) is 9.20. The van der Waals surface area contributed by atoms with Crippen molar-refractivity contribution in [2.45, 2.75) is 0 Å². The summed E-state index contributed by atoms with van der Waals surface area (Å²) in [4.78, 5) is 7.73. The molecule has 0 atom stereocenters. The number of pyridine rings is 1. The van der Waals surface area contributed by atoms with Gasteiger partial charge in [-0.05, 0) is 35.9 Å². The molecule has 2 aromatic heterocycles. The molecule has 3 rings (SSSR count). The first kappa shape index (κ1) is 14.6. The minimum absolute atomic E-state index is 0.222. The third-order valence-electron chi connectivity index (χ3n) is 3.19. The van der Waals surface area contributed by atoms with E-state index < -0.39 is 11.6 Å². The summed E-state index contributed by atoms with van der Waals surface area (Å²) >= 11 is 0. The fraction of sp³-hybridized carbons (Fsp3) is 0. The molecule has 4 nitrogen and oxygen atoms in total. The van der Waals surface area contributed by atoms with Crippen molar-refractivity contribution in [1.29, 1.82) is 5.26 Å². The molecule has 3 aromatic rings. The fourth-order valence-corrected chi connectivity index (χ4v) is 2.09. The van der Waals surface area contributed by atoms with Crippen molar-refractivity contribution in [1.82, 2.24) is 14.5 Å². The van der Waals surface area contributed by atoms with Gasteiger partial charge in [0.05, 0.1) is 29.5 Å². The summed E-state index contributed by atoms with van der Waals surface area (Å²) in [6.45, 7) is 0. The third kappa shape index (κ3) is 3.14. The van der Waals surface area contributed by atoms with Crippen LogP contribution in [0.3, 0.4) is 0 Å². The maximum absolute atomic E-state index is 14.2. The molecule has 0 radical (unpaired) electrons. The average molecular weight is 308 g/mol. The highest BCUT2D eigenvalue weighted by Crippen LogP contribution is 2.20. The van der Waals surface area contributed by atoms with Gasteiger partial charge in [0.2, 0.25) is 0 Å². The van der Waals surface area contributed by atoms with Crippen molar-refractivity contribution in [3.8, 4) is 11.8 Å². The third-order valence-corrected chi connectivity index (χ3v) is 3.19. The number of hydrogen-bond donors (Lipinski definition) is 0. The van der Waals surface area contributed by atoms with Crippen LogP contribution in [0, 0.1) is 23.0 Å². The van der Waals surface area contributed by atoms with Crippen LogP contribution in [0.25, 0.3) is 17.3 Å². The SMILES string of the molecule is N#CC(=Cc1ccc(-n2ccnc2)c(F)c1)c1ccc(F)cn1. The smallest absolute Gasteiger partial charge is 0.147 e. The van der Waals surface area contributed by atoms with Crippen molar-refractivity contribution >= 4 is 11.6 Å². The summed E-state index contributed by atoms with van der Waals surface area (Å²) < 4.78 is 28.6.